The lowest BCUT2D eigenvalue weighted by molar-refractivity contribution is 0.597. The maximum atomic E-state index is 5.97. The van der Waals surface area contributed by atoms with Crippen LogP contribution in [-0.4, -0.2) is 11.8 Å². The maximum Gasteiger partial charge on any atom is 0.191 e. The van der Waals surface area contributed by atoms with Crippen LogP contribution in [0.5, 0.6) is 0 Å². The van der Waals surface area contributed by atoms with E-state index in [1.54, 1.807) is 6.92 Å². The summed E-state index contributed by atoms with van der Waals surface area (Å²) in [5.74, 6) is 2.06. The van der Waals surface area contributed by atoms with Gasteiger partial charge in [0.25, 0.3) is 0 Å². The molecule has 0 spiro atoms. The largest absolute Gasteiger partial charge is 0.456 e. The van der Waals surface area contributed by atoms with Crippen molar-refractivity contribution in [3.63, 3.8) is 0 Å². The minimum Gasteiger partial charge on any atom is -0.456 e. The highest BCUT2D eigenvalue weighted by molar-refractivity contribution is 5.81. The van der Waals surface area contributed by atoms with Crippen LogP contribution in [0.25, 0.3) is 22.6 Å². The van der Waals surface area contributed by atoms with Crippen LogP contribution in [0, 0.1) is 0 Å². The van der Waals surface area contributed by atoms with Gasteiger partial charge in [0.2, 0.25) is 0 Å². The molecule has 0 amide bonds. The highest BCUT2D eigenvalue weighted by Gasteiger charge is 2.07. The molecule has 6 heteroatoms. The summed E-state index contributed by atoms with van der Waals surface area (Å²) in [6, 6.07) is 19.0. The third-order valence-corrected chi connectivity index (χ3v) is 3.45. The van der Waals surface area contributed by atoms with Crippen LogP contribution in [0.3, 0.4) is 0 Å². The fraction of sp³-hybridized carbons (Fsp3) is 0.0526. The third kappa shape index (κ3) is 4.06. The molecule has 0 saturated heterocycles. The molecule has 0 unspecified atom stereocenters. The topological polar surface area (TPSA) is 116 Å². The van der Waals surface area contributed by atoms with Gasteiger partial charge in [-0.05, 0) is 55.5 Å². The summed E-state index contributed by atoms with van der Waals surface area (Å²) < 4.78 is 5.97. The van der Waals surface area contributed by atoms with E-state index in [9.17, 15) is 0 Å². The minimum absolute atomic E-state index is 0.0308. The Labute approximate surface area is 145 Å². The van der Waals surface area contributed by atoms with Gasteiger partial charge in [-0.1, -0.05) is 12.1 Å². The van der Waals surface area contributed by atoms with Gasteiger partial charge in [-0.3, -0.25) is 0 Å². The van der Waals surface area contributed by atoms with Crippen LogP contribution in [0.15, 0.2) is 75.1 Å². The van der Waals surface area contributed by atoms with E-state index in [-0.39, 0.29) is 5.96 Å². The average Bonchev–Trinajstić information content (AvgIpc) is 3.05. The fourth-order valence-corrected chi connectivity index (χ4v) is 2.43. The molecule has 0 saturated carbocycles. The van der Waals surface area contributed by atoms with Gasteiger partial charge in [-0.25, -0.2) is 9.98 Å². The molecule has 0 bridgehead atoms. The Hall–Kier alpha value is -3.54. The van der Waals surface area contributed by atoms with E-state index in [4.69, 9.17) is 21.6 Å². The van der Waals surface area contributed by atoms with E-state index in [1.807, 2.05) is 60.7 Å². The van der Waals surface area contributed by atoms with Crippen molar-refractivity contribution in [2.24, 2.45) is 27.2 Å². The molecule has 3 rings (SSSR count). The number of hydrogen-bond acceptors (Lipinski definition) is 3. The van der Waals surface area contributed by atoms with Crippen molar-refractivity contribution >= 4 is 23.2 Å². The zero-order chi connectivity index (χ0) is 17.8. The van der Waals surface area contributed by atoms with E-state index in [2.05, 4.69) is 9.98 Å². The molecule has 0 aliphatic heterocycles. The molecule has 2 aromatic carbocycles. The summed E-state index contributed by atoms with van der Waals surface area (Å²) >= 11 is 0. The quantitative estimate of drug-likeness (QED) is 0.500. The second-order valence-corrected chi connectivity index (χ2v) is 5.55. The molecule has 25 heavy (non-hydrogen) atoms. The Morgan fingerprint density at radius 1 is 0.760 bits per heavy atom. The van der Waals surface area contributed by atoms with Gasteiger partial charge in [-0.15, -0.1) is 0 Å². The average molecular weight is 333 g/mol. The smallest absolute Gasteiger partial charge is 0.191 e. The third-order valence-electron chi connectivity index (χ3n) is 3.45. The van der Waals surface area contributed by atoms with Crippen molar-refractivity contribution in [3.8, 4) is 22.6 Å². The Morgan fingerprint density at radius 2 is 1.44 bits per heavy atom. The van der Waals surface area contributed by atoms with Crippen LogP contribution in [0.1, 0.15) is 6.92 Å². The van der Waals surface area contributed by atoms with Crippen molar-refractivity contribution in [2.45, 2.75) is 6.92 Å². The highest BCUT2D eigenvalue weighted by Crippen LogP contribution is 2.31. The number of nitrogens with zero attached hydrogens (tertiary/aromatic N) is 2. The van der Waals surface area contributed by atoms with E-state index in [0.717, 1.165) is 28.3 Å². The minimum atomic E-state index is 0.0308. The Morgan fingerprint density at radius 3 is 2.08 bits per heavy atom. The normalized spacial score (nSPS) is 11.3. The lowest BCUT2D eigenvalue weighted by Crippen LogP contribution is -2.21. The zero-order valence-electron chi connectivity index (χ0n) is 13.8. The number of amidine groups is 1. The Balaban J connectivity index is 1.88. The number of rotatable bonds is 4. The van der Waals surface area contributed by atoms with Gasteiger partial charge < -0.3 is 21.6 Å². The molecule has 1 heterocycles. The van der Waals surface area contributed by atoms with E-state index in [1.165, 1.54) is 0 Å². The van der Waals surface area contributed by atoms with Crippen molar-refractivity contribution in [2.75, 3.05) is 0 Å². The lowest BCUT2D eigenvalue weighted by atomic mass is 10.1. The second-order valence-electron chi connectivity index (χ2n) is 5.55. The summed E-state index contributed by atoms with van der Waals surface area (Å²) in [4.78, 5) is 8.26. The maximum absolute atomic E-state index is 5.97. The van der Waals surface area contributed by atoms with E-state index < -0.39 is 0 Å². The summed E-state index contributed by atoms with van der Waals surface area (Å²) in [6.07, 6.45) is 0. The molecular weight excluding hydrogens is 314 g/mol. The van der Waals surface area contributed by atoms with Crippen molar-refractivity contribution < 1.29 is 4.42 Å². The Bertz CT molecular complexity index is 930. The molecule has 1 aromatic heterocycles. The van der Waals surface area contributed by atoms with Gasteiger partial charge in [0.1, 0.15) is 11.5 Å². The number of benzene rings is 2. The molecule has 6 nitrogen and oxygen atoms in total. The molecule has 0 atom stereocenters. The first-order chi connectivity index (χ1) is 12.0. The predicted octanol–water partition coefficient (Wildman–Crippen LogP) is 3.53. The standard InChI is InChI=1S/C19H19N5O/c1-12(20)23-16-4-2-3-14(11-16)18-10-9-17(25-18)13-5-7-15(8-6-13)24-19(21)22/h2-11H,1H3,(H2,20,23)(H4,21,22,24). The first kappa shape index (κ1) is 16.3. The van der Waals surface area contributed by atoms with Crippen molar-refractivity contribution in [1.82, 2.24) is 0 Å². The Kier molecular flexibility index (Phi) is 4.52. The van der Waals surface area contributed by atoms with E-state index in [0.29, 0.717) is 11.5 Å². The van der Waals surface area contributed by atoms with Crippen LogP contribution in [0.4, 0.5) is 11.4 Å². The first-order valence-corrected chi connectivity index (χ1v) is 7.72. The van der Waals surface area contributed by atoms with E-state index >= 15 is 0 Å². The predicted molar refractivity (Wildman–Crippen MR) is 102 cm³/mol. The molecule has 0 fully saturated rings. The molecular formula is C19H19N5O. The van der Waals surface area contributed by atoms with Crippen LogP contribution >= 0.6 is 0 Å². The SMILES string of the molecule is CC(N)=Nc1cccc(-c2ccc(-c3ccc(N=C(N)N)cc3)o2)c1. The fourth-order valence-electron chi connectivity index (χ4n) is 2.43. The van der Waals surface area contributed by atoms with Crippen molar-refractivity contribution in [1.29, 1.82) is 0 Å². The molecule has 6 N–H and O–H groups in total. The number of nitrogens with two attached hydrogens (primary N) is 3. The molecule has 0 aliphatic rings. The summed E-state index contributed by atoms with van der Waals surface area (Å²) in [5, 5.41) is 0. The van der Waals surface area contributed by atoms with Crippen LogP contribution in [0.2, 0.25) is 0 Å². The number of guanidine groups is 1. The molecule has 0 aliphatic carbocycles. The monoisotopic (exact) mass is 333 g/mol. The number of hydrogen-bond donors (Lipinski definition) is 3. The molecule has 126 valence electrons. The van der Waals surface area contributed by atoms with Gasteiger partial charge in [0.15, 0.2) is 5.96 Å². The summed E-state index contributed by atoms with van der Waals surface area (Å²) in [6.45, 7) is 1.75. The van der Waals surface area contributed by atoms with Gasteiger partial charge in [-0.2, -0.15) is 0 Å². The lowest BCUT2D eigenvalue weighted by Gasteiger charge is -2.01. The van der Waals surface area contributed by atoms with Crippen molar-refractivity contribution in [3.05, 3.63) is 60.7 Å². The summed E-state index contributed by atoms with van der Waals surface area (Å²) in [5.41, 5.74) is 19.7. The highest BCUT2D eigenvalue weighted by atomic mass is 16.3. The second kappa shape index (κ2) is 6.92. The molecule has 0 radical (unpaired) electrons. The first-order valence-electron chi connectivity index (χ1n) is 7.72. The van der Waals surface area contributed by atoms with Gasteiger partial charge in [0, 0.05) is 11.1 Å². The van der Waals surface area contributed by atoms with Gasteiger partial charge in [0.05, 0.1) is 17.2 Å². The number of furan rings is 1. The van der Waals surface area contributed by atoms with Gasteiger partial charge >= 0.3 is 0 Å². The molecule has 3 aromatic rings. The van der Waals surface area contributed by atoms with Crippen LogP contribution < -0.4 is 17.2 Å². The zero-order valence-corrected chi connectivity index (χ0v) is 13.8. The van der Waals surface area contributed by atoms with Crippen LogP contribution in [-0.2, 0) is 0 Å². The number of aliphatic imine (C=N–C) groups is 2. The summed E-state index contributed by atoms with van der Waals surface area (Å²) in [7, 11) is 0.